The lowest BCUT2D eigenvalue weighted by Gasteiger charge is -2.26. The number of nitrogen functional groups attached to an aromatic ring is 1. The molecule has 1 aliphatic rings. The maximum Gasteiger partial charge on any atom is 0.474 e. The molecule has 0 unspecified atom stereocenters. The average molecular weight is 659 g/mol. The third-order valence-electron chi connectivity index (χ3n) is 6.34. The summed E-state index contributed by atoms with van der Waals surface area (Å²) in [6, 6.07) is 6.69. The van der Waals surface area contributed by atoms with Crippen LogP contribution in [0.15, 0.2) is 24.4 Å². The number of nitrogens with zero attached hydrogens (tertiary/aromatic N) is 3. The van der Waals surface area contributed by atoms with E-state index >= 15 is 0 Å². The van der Waals surface area contributed by atoms with Gasteiger partial charge in [0.2, 0.25) is 5.60 Å². The van der Waals surface area contributed by atoms with Crippen molar-refractivity contribution < 1.29 is 42.7 Å². The number of ether oxygens (including phenoxy) is 1. The monoisotopic (exact) mass is 658 g/mol. The van der Waals surface area contributed by atoms with Crippen LogP contribution in [0.5, 0.6) is 0 Å². The van der Waals surface area contributed by atoms with Gasteiger partial charge in [-0.2, -0.15) is 10.4 Å². The Morgan fingerprint density at radius 3 is 2.14 bits per heavy atom. The highest BCUT2D eigenvalue weighted by Crippen LogP contribution is 2.52. The number of hydrogen-bond acceptors (Lipinski definition) is 14. The van der Waals surface area contributed by atoms with E-state index in [-0.39, 0.29) is 35.0 Å². The quantitative estimate of drug-likeness (QED) is 0.220. The number of aliphatic hydroxyl groups excluding tert-OH is 2. The Labute approximate surface area is 259 Å². The van der Waals surface area contributed by atoms with Crippen LogP contribution in [-0.4, -0.2) is 79.2 Å². The molecule has 3 rings (SSSR count). The van der Waals surface area contributed by atoms with Crippen molar-refractivity contribution in [3.63, 3.8) is 0 Å². The molecule has 3 heterocycles. The maximum absolute atomic E-state index is 13.6. The van der Waals surface area contributed by atoms with Crippen LogP contribution in [0.2, 0.25) is 0 Å². The highest BCUT2D eigenvalue weighted by molar-refractivity contribution is 8.14. The van der Waals surface area contributed by atoms with Crippen molar-refractivity contribution in [1.29, 1.82) is 5.26 Å². The molecule has 0 aliphatic carbocycles. The first kappa shape index (κ1) is 35.5. The van der Waals surface area contributed by atoms with Gasteiger partial charge in [0, 0.05) is 28.5 Å². The predicted octanol–water partition coefficient (Wildman–Crippen LogP) is 3.74. The number of rotatable bonds is 12. The molecule has 2 aromatic rings. The van der Waals surface area contributed by atoms with Crippen molar-refractivity contribution in [3.8, 4) is 6.07 Å². The van der Waals surface area contributed by atoms with Gasteiger partial charge in [-0.05, 0) is 18.2 Å². The van der Waals surface area contributed by atoms with Crippen LogP contribution >= 0.6 is 31.3 Å². The number of carbonyl (C=O) groups is 2. The molecule has 0 saturated carbocycles. The lowest BCUT2D eigenvalue weighted by atomic mass is 9.96. The Hall–Kier alpha value is -1.99. The minimum Gasteiger partial charge on any atom is -0.397 e. The molecule has 1 aliphatic heterocycles. The summed E-state index contributed by atoms with van der Waals surface area (Å²) in [4.78, 5) is 24.5. The lowest BCUT2D eigenvalue weighted by molar-refractivity contribution is -0.118. The van der Waals surface area contributed by atoms with Crippen molar-refractivity contribution in [1.82, 2.24) is 9.61 Å². The zero-order valence-corrected chi connectivity index (χ0v) is 27.5. The van der Waals surface area contributed by atoms with Gasteiger partial charge in [-0.1, -0.05) is 65.1 Å². The second-order valence-electron chi connectivity index (χ2n) is 12.0. The van der Waals surface area contributed by atoms with Gasteiger partial charge in [0.25, 0.3) is 0 Å². The molecule has 13 nitrogen and oxygen atoms in total. The standard InChI is InChI=1S/C27H39N4O9PS2/c1-25(2,3)23(34)42-13-11-37-41(36,38-12-14-43-24(35)26(4,5)6)39-16-27(15-28)22(33)20(32)21(40-27)19-8-7-18-17(29)9-10-30-31(18)19/h7-10,20-22,32-33H,11-14,16,29H2,1-6H3/t20-,21+,22-,27+/m0/s1. The Bertz CT molecular complexity index is 1360. The fourth-order valence-corrected chi connectivity index (χ4v) is 6.87. The highest BCUT2D eigenvalue weighted by atomic mass is 32.2. The molecular weight excluding hydrogens is 619 g/mol. The lowest BCUT2D eigenvalue weighted by Crippen LogP contribution is -2.45. The SMILES string of the molecule is CC(C)(C)C(=O)SCCOP(=O)(OCCSC(=O)C(C)(C)C)OC[C@@]1(C#N)O[C@H](c2ccc3c(N)ccnn23)[C@H](O)[C@@H]1O. The van der Waals surface area contributed by atoms with Crippen molar-refractivity contribution in [2.45, 2.75) is 65.5 Å². The zero-order valence-electron chi connectivity index (χ0n) is 25.0. The fraction of sp³-hybridized carbons (Fsp3) is 0.630. The molecule has 16 heteroatoms. The van der Waals surface area contributed by atoms with Gasteiger partial charge in [0.1, 0.15) is 31.0 Å². The van der Waals surface area contributed by atoms with E-state index in [4.69, 9.17) is 24.0 Å². The van der Waals surface area contributed by atoms with Gasteiger partial charge in [-0.15, -0.1) is 0 Å². The van der Waals surface area contributed by atoms with Gasteiger partial charge in [0.05, 0.1) is 30.1 Å². The van der Waals surface area contributed by atoms with E-state index in [2.05, 4.69) is 5.10 Å². The second kappa shape index (κ2) is 14.0. The molecule has 0 amide bonds. The maximum atomic E-state index is 13.6. The summed E-state index contributed by atoms with van der Waals surface area (Å²) in [7, 11) is -4.41. The highest BCUT2D eigenvalue weighted by Gasteiger charge is 2.57. The number of aromatic nitrogens is 2. The summed E-state index contributed by atoms with van der Waals surface area (Å²) in [5.74, 6) is 0.287. The summed E-state index contributed by atoms with van der Waals surface area (Å²) in [6.45, 7) is 9.44. The summed E-state index contributed by atoms with van der Waals surface area (Å²) in [6.07, 6.45) is -3.11. The topological polar surface area (TPSA) is 196 Å². The molecule has 0 bridgehead atoms. The summed E-state index contributed by atoms with van der Waals surface area (Å²) in [5.41, 5.74) is 3.94. The van der Waals surface area contributed by atoms with Gasteiger partial charge in [-0.25, -0.2) is 9.08 Å². The molecule has 1 saturated heterocycles. The molecule has 238 valence electrons. The van der Waals surface area contributed by atoms with Crippen LogP contribution in [0.4, 0.5) is 5.69 Å². The molecule has 0 radical (unpaired) electrons. The average Bonchev–Trinajstić information content (AvgIpc) is 3.47. The van der Waals surface area contributed by atoms with E-state index in [1.165, 1.54) is 10.7 Å². The van der Waals surface area contributed by atoms with E-state index in [1.807, 2.05) is 6.07 Å². The van der Waals surface area contributed by atoms with Crippen LogP contribution < -0.4 is 5.73 Å². The number of hydrogen-bond donors (Lipinski definition) is 3. The Morgan fingerprint density at radius 2 is 1.63 bits per heavy atom. The van der Waals surface area contributed by atoms with Crippen LogP contribution in [-0.2, 0) is 32.5 Å². The summed E-state index contributed by atoms with van der Waals surface area (Å²) >= 11 is 1.99. The number of nitrogens with two attached hydrogens (primary N) is 1. The zero-order chi connectivity index (χ0) is 32.2. The van der Waals surface area contributed by atoms with Gasteiger partial charge in [-0.3, -0.25) is 23.2 Å². The molecule has 4 atom stereocenters. The third kappa shape index (κ3) is 8.59. The van der Waals surface area contributed by atoms with E-state index in [9.17, 15) is 29.6 Å². The van der Waals surface area contributed by atoms with Crippen molar-refractivity contribution in [2.24, 2.45) is 10.8 Å². The molecule has 43 heavy (non-hydrogen) atoms. The Morgan fingerprint density at radius 1 is 1.07 bits per heavy atom. The first-order chi connectivity index (χ1) is 19.9. The van der Waals surface area contributed by atoms with Crippen molar-refractivity contribution >= 4 is 52.8 Å². The predicted molar refractivity (Wildman–Crippen MR) is 163 cm³/mol. The smallest absolute Gasteiger partial charge is 0.397 e. The van der Waals surface area contributed by atoms with Crippen LogP contribution in [0.3, 0.4) is 0 Å². The summed E-state index contributed by atoms with van der Waals surface area (Å²) < 4.78 is 37.4. The van der Waals surface area contributed by atoms with Crippen molar-refractivity contribution in [2.75, 3.05) is 37.1 Å². The van der Waals surface area contributed by atoms with Gasteiger partial charge >= 0.3 is 7.82 Å². The number of aliphatic hydroxyl groups is 2. The normalized spacial score (nSPS) is 23.0. The molecule has 0 aromatic carbocycles. The first-order valence-corrected chi connectivity index (χ1v) is 16.9. The minimum atomic E-state index is -4.41. The molecule has 4 N–H and O–H groups in total. The number of phosphoric ester groups is 1. The molecule has 1 fully saturated rings. The number of anilines is 1. The Balaban J connectivity index is 1.74. The third-order valence-corrected chi connectivity index (χ3v) is 10.3. The number of fused-ring (bicyclic) bond motifs is 1. The number of carbonyl (C=O) groups excluding carboxylic acids is 2. The molecule has 2 aromatic heterocycles. The van der Waals surface area contributed by atoms with E-state index in [0.717, 1.165) is 23.5 Å². The van der Waals surface area contributed by atoms with E-state index in [0.29, 0.717) is 16.9 Å². The van der Waals surface area contributed by atoms with Crippen molar-refractivity contribution in [3.05, 3.63) is 30.1 Å². The number of nitriles is 1. The van der Waals surface area contributed by atoms with Crippen LogP contribution in [0, 0.1) is 22.2 Å². The fourth-order valence-electron chi connectivity index (χ4n) is 3.85. The van der Waals surface area contributed by atoms with Crippen LogP contribution in [0.1, 0.15) is 53.3 Å². The van der Waals surface area contributed by atoms with Crippen LogP contribution in [0.25, 0.3) is 5.52 Å². The second-order valence-corrected chi connectivity index (χ2v) is 15.8. The minimum absolute atomic E-state index is 0.0926. The summed E-state index contributed by atoms with van der Waals surface area (Å²) in [5, 5.41) is 35.9. The first-order valence-electron chi connectivity index (χ1n) is 13.5. The largest absolute Gasteiger partial charge is 0.474 e. The Kier molecular flexibility index (Phi) is 11.5. The van der Waals surface area contributed by atoms with E-state index < -0.39 is 49.2 Å². The number of phosphoric acid groups is 1. The number of thioether (sulfide) groups is 2. The molecule has 0 spiro atoms. The van der Waals surface area contributed by atoms with Gasteiger partial charge in [0.15, 0.2) is 10.2 Å². The molecular formula is C27H39N4O9PS2. The van der Waals surface area contributed by atoms with Gasteiger partial charge < -0.3 is 20.7 Å². The van der Waals surface area contributed by atoms with E-state index in [1.54, 1.807) is 59.7 Å².